The van der Waals surface area contributed by atoms with Crippen LogP contribution in [0.25, 0.3) is 0 Å². The van der Waals surface area contributed by atoms with E-state index in [4.69, 9.17) is 5.11 Å². The van der Waals surface area contributed by atoms with Crippen molar-refractivity contribution < 1.29 is 62.6 Å². The maximum atomic E-state index is 14.4. The van der Waals surface area contributed by atoms with Gasteiger partial charge in [-0.2, -0.15) is 0 Å². The predicted molar refractivity (Wildman–Crippen MR) is 240 cm³/mol. The van der Waals surface area contributed by atoms with Crippen LogP contribution in [0.3, 0.4) is 0 Å². The molecule has 4 aromatic rings. The molecule has 0 saturated carbocycles. The summed E-state index contributed by atoms with van der Waals surface area (Å²) in [5.74, 6) is -8.56. The molecule has 0 fully saturated rings. The maximum absolute atomic E-state index is 14.4. The van der Waals surface area contributed by atoms with Gasteiger partial charge in [0.1, 0.15) is 17.8 Å². The smallest absolute Gasteiger partial charge is 0.326 e. The molecule has 0 aliphatic rings. The number of phenols is 1. The number of rotatable bonds is 27. The van der Waals surface area contributed by atoms with Crippen LogP contribution in [0.5, 0.6) is 5.75 Å². The summed E-state index contributed by atoms with van der Waals surface area (Å²) in [6.45, 7) is 0. The van der Waals surface area contributed by atoms with Gasteiger partial charge in [0.25, 0.3) is 0 Å². The Morgan fingerprint density at radius 2 is 0.833 bits per heavy atom. The molecule has 0 heterocycles. The Morgan fingerprint density at radius 1 is 0.455 bits per heavy atom. The molecule has 0 bridgehead atoms. The molecule has 1 unspecified atom stereocenters. The van der Waals surface area contributed by atoms with Gasteiger partial charge >= 0.3 is 221 Å². The number of aromatic hydroxyl groups is 1. The summed E-state index contributed by atoms with van der Waals surface area (Å²) < 4.78 is 13.6. The van der Waals surface area contributed by atoms with Crippen LogP contribution in [0.1, 0.15) is 55.2 Å². The average molecular weight is 975 g/mol. The van der Waals surface area contributed by atoms with Crippen LogP contribution < -0.4 is 31.0 Å². The molecule has 0 aromatic heterocycles. The number of phenolic OH excluding ortho intramolecular Hbond substituents is 1. The molecule has 5 amide bonds. The standard InChI is InChI=1S/C47H53N5O13Se/c53-33-20-18-32(19-21-33)29-39(45(61)49-35(22-24-41(55)56)43(59)50-36(47(63)64)23-25-42(57)58)52-46(62)38(28-31-13-6-2-7-14-31)51-44(60)37(27-30-11-4-1-5-12-30)48-40(54)17-10-26-66(65)34-15-8-3-9-16-34/h1-9,11-16,18-21,35-39,53H,10,17,22-29H2,(H,48,54)(H,49,61)(H,50,59)(H,51,60)(H,52,62)(H,55,56)(H,57,58)(H,63,64)/t35-,36-,37-,38-,39-,66?/m0/s1. The number of amides is 5. The zero-order valence-corrected chi connectivity index (χ0v) is 37.5. The second kappa shape index (κ2) is 26.5. The first-order valence-electron chi connectivity index (χ1n) is 21.0. The van der Waals surface area contributed by atoms with Gasteiger partial charge in [0.2, 0.25) is 11.8 Å². The Bertz CT molecular complexity index is 2300. The Morgan fingerprint density at radius 3 is 1.29 bits per heavy atom. The predicted octanol–water partition coefficient (Wildman–Crippen LogP) is 1.77. The van der Waals surface area contributed by atoms with Crippen LogP contribution in [0, 0.1) is 0 Å². The fraction of sp³-hybridized carbons (Fsp3) is 0.319. The number of carboxylic acids is 3. The van der Waals surface area contributed by atoms with E-state index >= 15 is 0 Å². The summed E-state index contributed by atoms with van der Waals surface area (Å²) in [4.78, 5) is 104. The Kier molecular flexibility index (Phi) is 20.7. The van der Waals surface area contributed by atoms with Crippen molar-refractivity contribution in [2.24, 2.45) is 0 Å². The van der Waals surface area contributed by atoms with Gasteiger partial charge < -0.3 is 31.1 Å². The summed E-state index contributed by atoms with van der Waals surface area (Å²) in [5, 5.41) is 51.0. The number of nitrogens with one attached hydrogen (secondary N) is 5. The first-order chi connectivity index (χ1) is 31.6. The summed E-state index contributed by atoms with van der Waals surface area (Å²) in [6.07, 6.45) is -2.36. The second-order valence-corrected chi connectivity index (χ2v) is 18.6. The molecule has 0 saturated heterocycles. The van der Waals surface area contributed by atoms with E-state index in [-0.39, 0.29) is 31.4 Å². The quantitative estimate of drug-likeness (QED) is 0.0386. The summed E-state index contributed by atoms with van der Waals surface area (Å²) in [5.41, 5.74) is 1.72. The summed E-state index contributed by atoms with van der Waals surface area (Å²) in [7, 11) is 0. The third-order valence-corrected chi connectivity index (χ3v) is 13.2. The van der Waals surface area contributed by atoms with Crippen molar-refractivity contribution in [1.82, 2.24) is 26.6 Å². The number of carboxylic acid groups (broad SMARTS) is 3. The average Bonchev–Trinajstić information content (AvgIpc) is 3.29. The Balaban J connectivity index is 1.60. The maximum Gasteiger partial charge on any atom is 0.326 e. The Labute approximate surface area is 384 Å². The number of hydrogen-bond acceptors (Lipinski definition) is 10. The van der Waals surface area contributed by atoms with E-state index in [1.807, 2.05) is 6.07 Å². The molecule has 4 aromatic carbocycles. The van der Waals surface area contributed by atoms with Gasteiger partial charge in [-0.3, -0.25) is 19.2 Å². The van der Waals surface area contributed by atoms with Gasteiger partial charge in [-0.05, 0) is 30.5 Å². The first-order valence-corrected chi connectivity index (χ1v) is 23.8. The van der Waals surface area contributed by atoms with Crippen molar-refractivity contribution in [1.29, 1.82) is 0 Å². The van der Waals surface area contributed by atoms with Gasteiger partial charge in [0, 0.05) is 19.3 Å². The summed E-state index contributed by atoms with van der Waals surface area (Å²) in [6, 6.07) is 24.6. The number of carbonyl (C=O) groups excluding carboxylic acids is 5. The topological polar surface area (TPSA) is 295 Å². The van der Waals surface area contributed by atoms with Gasteiger partial charge in [-0.25, -0.2) is 4.79 Å². The first kappa shape index (κ1) is 51.4. The minimum Gasteiger partial charge on any atom is -0.480 e. The van der Waals surface area contributed by atoms with Crippen LogP contribution in [0.2, 0.25) is 5.32 Å². The molecule has 6 atom stereocenters. The van der Waals surface area contributed by atoms with Crippen molar-refractivity contribution in [3.63, 3.8) is 0 Å². The van der Waals surface area contributed by atoms with Crippen molar-refractivity contribution in [3.8, 4) is 5.75 Å². The van der Waals surface area contributed by atoms with Crippen molar-refractivity contribution in [3.05, 3.63) is 132 Å². The zero-order valence-electron chi connectivity index (χ0n) is 35.8. The third kappa shape index (κ3) is 18.1. The number of benzene rings is 4. The molecule has 4 rings (SSSR count). The van der Waals surface area contributed by atoms with Gasteiger partial charge in [-0.15, -0.1) is 0 Å². The zero-order chi connectivity index (χ0) is 48.0. The van der Waals surface area contributed by atoms with E-state index in [1.54, 1.807) is 84.9 Å². The van der Waals surface area contributed by atoms with E-state index in [0.717, 1.165) is 0 Å². The van der Waals surface area contributed by atoms with E-state index in [0.29, 0.717) is 32.9 Å². The van der Waals surface area contributed by atoms with Crippen LogP contribution in [0.4, 0.5) is 0 Å². The van der Waals surface area contributed by atoms with Crippen molar-refractivity contribution >= 4 is 65.7 Å². The minimum absolute atomic E-state index is 0.0274. The molecule has 9 N–H and O–H groups in total. The second-order valence-electron chi connectivity index (χ2n) is 15.3. The van der Waals surface area contributed by atoms with Gasteiger partial charge in [0.15, 0.2) is 0 Å². The molecule has 0 spiro atoms. The van der Waals surface area contributed by atoms with Crippen LogP contribution >= 0.6 is 0 Å². The molecular formula is C47H53N5O13Se. The van der Waals surface area contributed by atoms with Crippen LogP contribution in [-0.2, 0) is 61.5 Å². The number of hydrogen-bond donors (Lipinski definition) is 9. The fourth-order valence-electron chi connectivity index (χ4n) is 6.67. The third-order valence-electron chi connectivity index (χ3n) is 10.1. The molecule has 66 heavy (non-hydrogen) atoms. The normalized spacial score (nSPS) is 13.6. The summed E-state index contributed by atoms with van der Waals surface area (Å²) >= 11 is -2.40. The van der Waals surface area contributed by atoms with E-state index in [9.17, 15) is 57.5 Å². The van der Waals surface area contributed by atoms with Crippen LogP contribution in [-0.4, -0.2) is 112 Å². The number of carbonyl (C=O) groups is 8. The largest absolute Gasteiger partial charge is 0.480 e. The minimum atomic E-state index is -2.40. The van der Waals surface area contributed by atoms with Gasteiger partial charge in [-0.1, -0.05) is 30.3 Å². The number of aliphatic carboxylic acids is 3. The molecule has 350 valence electrons. The molecule has 0 aliphatic carbocycles. The molecule has 0 aliphatic heterocycles. The van der Waals surface area contributed by atoms with Gasteiger partial charge in [0.05, 0.1) is 0 Å². The SMILES string of the molecule is O=C(O)CC[C@H](NC(=O)[C@H](CCC(=O)O)NC(=O)[C@H](Cc1ccc(O)cc1)NC(=O)[C@H](Cc1ccccc1)NC(=O)[C@H](Cc1ccccc1)NC(=O)CCC[Se](=O)c1ccccc1)C(=O)O. The van der Waals surface area contributed by atoms with E-state index in [1.165, 1.54) is 24.3 Å². The van der Waals surface area contributed by atoms with Crippen molar-refractivity contribution in [2.45, 2.75) is 93.3 Å². The molecule has 19 heteroatoms. The van der Waals surface area contributed by atoms with Crippen molar-refractivity contribution in [2.75, 3.05) is 0 Å². The fourth-order valence-corrected chi connectivity index (χ4v) is 8.98. The molecule has 18 nitrogen and oxygen atoms in total. The molecule has 0 radical (unpaired) electrons. The molecular weight excluding hydrogens is 921 g/mol. The van der Waals surface area contributed by atoms with Crippen LogP contribution in [0.15, 0.2) is 115 Å². The monoisotopic (exact) mass is 975 g/mol. The Hall–Kier alpha value is -7.24. The van der Waals surface area contributed by atoms with E-state index < -0.39 is 117 Å². The van der Waals surface area contributed by atoms with E-state index in [2.05, 4.69) is 26.6 Å².